The molecule has 134 valence electrons. The third-order valence-electron chi connectivity index (χ3n) is 3.75. The fourth-order valence-electron chi connectivity index (χ4n) is 2.79. The number of para-hydroxylation sites is 1. The summed E-state index contributed by atoms with van der Waals surface area (Å²) in [4.78, 5) is 31.0. The average Bonchev–Trinajstić information content (AvgIpc) is 2.78. The van der Waals surface area contributed by atoms with Crippen molar-refractivity contribution in [2.75, 3.05) is 6.54 Å². The molecule has 11 heteroatoms. The van der Waals surface area contributed by atoms with Gasteiger partial charge < -0.3 is 9.74 Å². The number of hydrogen-bond donors (Lipinski definition) is 2. The number of urea groups is 1. The van der Waals surface area contributed by atoms with Crippen LogP contribution in [-0.4, -0.2) is 53.5 Å². The maximum Gasteiger partial charge on any atom is 0.418 e. The molecule has 1 saturated heterocycles. The molecule has 0 spiro atoms. The van der Waals surface area contributed by atoms with Crippen LogP contribution in [0.2, 0.25) is 0 Å². The van der Waals surface area contributed by atoms with Gasteiger partial charge in [-0.2, -0.15) is 19.0 Å². The molecule has 0 aliphatic carbocycles. The average molecular weight is 369 g/mol. The Labute approximate surface area is 143 Å². The second kappa shape index (κ2) is 6.35. The van der Waals surface area contributed by atoms with Crippen molar-refractivity contribution in [3.8, 4) is 5.75 Å². The van der Waals surface area contributed by atoms with Crippen LogP contribution in [0.1, 0.15) is 6.92 Å². The predicted octanol–water partition coefficient (Wildman–Crippen LogP) is 0.266. The first kappa shape index (κ1) is 17.2. The molecule has 0 unspecified atom stereocenters. The second-order valence-electron chi connectivity index (χ2n) is 5.52. The molecule has 2 bridgehead atoms. The lowest BCUT2D eigenvalue weighted by molar-refractivity contribution is -0.131. The van der Waals surface area contributed by atoms with Crippen LogP contribution in [0.4, 0.5) is 4.79 Å². The Kier molecular flexibility index (Phi) is 4.37. The van der Waals surface area contributed by atoms with Gasteiger partial charge in [0, 0.05) is 0 Å². The van der Waals surface area contributed by atoms with Gasteiger partial charge in [0.25, 0.3) is 5.91 Å². The van der Waals surface area contributed by atoms with Crippen LogP contribution in [0.5, 0.6) is 5.75 Å². The van der Waals surface area contributed by atoms with Crippen molar-refractivity contribution < 1.29 is 31.7 Å². The highest BCUT2D eigenvalue weighted by molar-refractivity contribution is 7.80. The maximum absolute atomic E-state index is 12.4. The molecule has 2 heterocycles. The molecule has 0 aromatic heterocycles. The maximum atomic E-state index is 12.4. The van der Waals surface area contributed by atoms with E-state index in [1.807, 2.05) is 0 Å². The van der Waals surface area contributed by atoms with E-state index in [1.165, 1.54) is 6.08 Å². The standard InChI is InChI=1S/C14H15N3O7S/c1-9-7-10-8-16(14(19)17(10)24-25(20,21)22)12(9)13(18)15-23-11-5-3-2-4-6-11/h2-7,10,12H,8H2,1H3,(H,15,18)(H,20,21,22)/t10-,12+/m1/s1. The number of hydrogen-bond acceptors (Lipinski definition) is 6. The van der Waals surface area contributed by atoms with Gasteiger partial charge in [-0.1, -0.05) is 24.3 Å². The van der Waals surface area contributed by atoms with Gasteiger partial charge in [-0.25, -0.2) is 4.79 Å². The molecule has 3 rings (SSSR count). The summed E-state index contributed by atoms with van der Waals surface area (Å²) in [5.41, 5.74) is 2.78. The summed E-state index contributed by atoms with van der Waals surface area (Å²) >= 11 is 0. The molecule has 10 nitrogen and oxygen atoms in total. The predicted molar refractivity (Wildman–Crippen MR) is 83.1 cm³/mol. The van der Waals surface area contributed by atoms with Crippen LogP contribution >= 0.6 is 0 Å². The Balaban J connectivity index is 1.73. The van der Waals surface area contributed by atoms with E-state index in [4.69, 9.17) is 9.39 Å². The summed E-state index contributed by atoms with van der Waals surface area (Å²) in [5, 5.41) is 0.518. The normalized spacial score (nSPS) is 22.6. The van der Waals surface area contributed by atoms with Gasteiger partial charge in [0.15, 0.2) is 5.75 Å². The minimum Gasteiger partial charge on any atom is -0.379 e. The van der Waals surface area contributed by atoms with E-state index in [2.05, 4.69) is 9.76 Å². The minimum absolute atomic E-state index is 0.0368. The number of carbonyl (C=O) groups excluding carboxylic acids is 2. The largest absolute Gasteiger partial charge is 0.418 e. The Morgan fingerprint density at radius 1 is 1.32 bits per heavy atom. The van der Waals surface area contributed by atoms with Gasteiger partial charge in [-0.15, -0.1) is 4.28 Å². The zero-order valence-electron chi connectivity index (χ0n) is 13.0. The Morgan fingerprint density at radius 3 is 2.64 bits per heavy atom. The lowest BCUT2D eigenvalue weighted by atomic mass is 10.0. The third-order valence-corrected chi connectivity index (χ3v) is 4.10. The summed E-state index contributed by atoms with van der Waals surface area (Å²) in [6, 6.07) is 5.96. The number of fused-ring (bicyclic) bond motifs is 2. The molecular weight excluding hydrogens is 354 g/mol. The molecule has 1 aromatic rings. The molecule has 1 aromatic carbocycles. The van der Waals surface area contributed by atoms with E-state index in [0.717, 1.165) is 4.90 Å². The van der Waals surface area contributed by atoms with Crippen molar-refractivity contribution in [3.63, 3.8) is 0 Å². The molecule has 2 aliphatic heterocycles. The molecule has 2 aliphatic rings. The minimum atomic E-state index is -4.86. The topological polar surface area (TPSA) is 125 Å². The highest BCUT2D eigenvalue weighted by Crippen LogP contribution is 2.30. The monoisotopic (exact) mass is 369 g/mol. The van der Waals surface area contributed by atoms with Crippen LogP contribution < -0.4 is 10.3 Å². The van der Waals surface area contributed by atoms with Gasteiger partial charge in [0.2, 0.25) is 0 Å². The van der Waals surface area contributed by atoms with Crippen LogP contribution in [0.15, 0.2) is 42.0 Å². The first-order chi connectivity index (χ1) is 11.8. The molecule has 2 atom stereocenters. The lowest BCUT2D eigenvalue weighted by Gasteiger charge is -2.28. The number of hydroxylamine groups is 3. The first-order valence-corrected chi connectivity index (χ1v) is 8.59. The van der Waals surface area contributed by atoms with Gasteiger partial charge in [0.1, 0.15) is 6.04 Å². The highest BCUT2D eigenvalue weighted by Gasteiger charge is 2.49. The summed E-state index contributed by atoms with van der Waals surface area (Å²) in [6.07, 6.45) is 1.53. The van der Waals surface area contributed by atoms with Crippen LogP contribution in [0, 0.1) is 0 Å². The summed E-state index contributed by atoms with van der Waals surface area (Å²) in [5.74, 6) is -0.187. The van der Waals surface area contributed by atoms with Crippen molar-refractivity contribution in [2.24, 2.45) is 0 Å². The van der Waals surface area contributed by atoms with Gasteiger partial charge in [-0.3, -0.25) is 9.35 Å². The van der Waals surface area contributed by atoms with E-state index in [1.54, 1.807) is 37.3 Å². The number of nitrogens with zero attached hydrogens (tertiary/aromatic N) is 2. The van der Waals surface area contributed by atoms with Crippen LogP contribution in [0.3, 0.4) is 0 Å². The van der Waals surface area contributed by atoms with E-state index in [9.17, 15) is 18.0 Å². The first-order valence-electron chi connectivity index (χ1n) is 7.23. The van der Waals surface area contributed by atoms with E-state index < -0.39 is 34.4 Å². The quantitative estimate of drug-likeness (QED) is 0.433. The molecule has 0 saturated carbocycles. The van der Waals surface area contributed by atoms with Gasteiger partial charge in [0.05, 0.1) is 12.6 Å². The number of amides is 3. The van der Waals surface area contributed by atoms with Crippen molar-refractivity contribution in [1.29, 1.82) is 0 Å². The summed E-state index contributed by atoms with van der Waals surface area (Å²) in [7, 11) is -4.86. The van der Waals surface area contributed by atoms with Crippen LogP contribution in [0.25, 0.3) is 0 Å². The van der Waals surface area contributed by atoms with Crippen molar-refractivity contribution >= 4 is 22.3 Å². The smallest absolute Gasteiger partial charge is 0.379 e. The van der Waals surface area contributed by atoms with Gasteiger partial charge >= 0.3 is 16.4 Å². The molecule has 1 fully saturated rings. The SMILES string of the molecule is CC1=C[C@@H]2CN(C(=O)N2OS(=O)(=O)O)[C@@H]1C(=O)NOc1ccccc1. The fourth-order valence-corrected chi connectivity index (χ4v) is 3.17. The fraction of sp³-hybridized carbons (Fsp3) is 0.286. The van der Waals surface area contributed by atoms with Crippen molar-refractivity contribution in [1.82, 2.24) is 15.4 Å². The Hall–Kier alpha value is -2.63. The lowest BCUT2D eigenvalue weighted by Crippen LogP contribution is -2.50. The molecular formula is C14H15N3O7S. The second-order valence-corrected chi connectivity index (χ2v) is 6.53. The molecule has 3 amide bonds. The molecule has 2 N–H and O–H groups in total. The van der Waals surface area contributed by atoms with E-state index in [0.29, 0.717) is 16.4 Å². The number of nitrogens with one attached hydrogen (secondary N) is 1. The summed E-state index contributed by atoms with van der Waals surface area (Å²) < 4.78 is 34.8. The number of rotatable bonds is 5. The number of carbonyl (C=O) groups is 2. The van der Waals surface area contributed by atoms with Crippen LogP contribution in [-0.2, 0) is 19.5 Å². The van der Waals surface area contributed by atoms with Crippen molar-refractivity contribution in [3.05, 3.63) is 42.0 Å². The van der Waals surface area contributed by atoms with E-state index in [-0.39, 0.29) is 6.54 Å². The van der Waals surface area contributed by atoms with E-state index >= 15 is 0 Å². The van der Waals surface area contributed by atoms with Crippen molar-refractivity contribution in [2.45, 2.75) is 19.0 Å². The summed E-state index contributed by atoms with van der Waals surface area (Å²) in [6.45, 7) is 1.66. The third kappa shape index (κ3) is 3.57. The zero-order valence-corrected chi connectivity index (χ0v) is 13.8. The Morgan fingerprint density at radius 2 is 2.00 bits per heavy atom. The molecule has 0 radical (unpaired) electrons. The Bertz CT molecular complexity index is 824. The zero-order chi connectivity index (χ0) is 18.2. The highest BCUT2D eigenvalue weighted by atomic mass is 32.3. The van der Waals surface area contributed by atoms with Gasteiger partial charge in [-0.05, 0) is 24.6 Å². The number of benzene rings is 1. The molecule has 25 heavy (non-hydrogen) atoms.